The Hall–Kier alpha value is -0.130. The standard InChI is InChI=1S/C11H24N2O2S/c1-12-10-11-6-3-4-7-13(11)8-5-9-16(2,14)15/h11-12H,3-10H2,1-2H3. The van der Waals surface area contributed by atoms with Crippen LogP contribution in [0.5, 0.6) is 0 Å². The average Bonchev–Trinajstić information content (AvgIpc) is 2.19. The lowest BCUT2D eigenvalue weighted by Crippen LogP contribution is -2.45. The first-order valence-electron chi connectivity index (χ1n) is 6.09. The van der Waals surface area contributed by atoms with E-state index in [0.717, 1.165) is 26.1 Å². The molecule has 16 heavy (non-hydrogen) atoms. The van der Waals surface area contributed by atoms with Crippen molar-refractivity contribution in [2.24, 2.45) is 0 Å². The van der Waals surface area contributed by atoms with Gasteiger partial charge in [-0.3, -0.25) is 4.90 Å². The Kier molecular flexibility index (Phi) is 5.72. The number of hydrogen-bond donors (Lipinski definition) is 1. The van der Waals surface area contributed by atoms with Crippen LogP contribution in [0.4, 0.5) is 0 Å². The summed E-state index contributed by atoms with van der Waals surface area (Å²) < 4.78 is 22.1. The molecule has 0 aromatic heterocycles. The van der Waals surface area contributed by atoms with Crippen molar-refractivity contribution in [1.29, 1.82) is 0 Å². The number of nitrogens with one attached hydrogen (secondary N) is 1. The van der Waals surface area contributed by atoms with Crippen LogP contribution in [-0.2, 0) is 9.84 Å². The summed E-state index contributed by atoms with van der Waals surface area (Å²) in [5.74, 6) is 0.315. The van der Waals surface area contributed by atoms with E-state index in [1.165, 1.54) is 25.5 Å². The highest BCUT2D eigenvalue weighted by Gasteiger charge is 2.21. The van der Waals surface area contributed by atoms with Gasteiger partial charge < -0.3 is 5.32 Å². The molecular formula is C11H24N2O2S. The molecule has 0 amide bonds. The Bertz CT molecular complexity index is 288. The van der Waals surface area contributed by atoms with E-state index >= 15 is 0 Å². The van der Waals surface area contributed by atoms with Gasteiger partial charge in [-0.25, -0.2) is 8.42 Å². The number of nitrogens with zero attached hydrogens (tertiary/aromatic N) is 1. The predicted octanol–water partition coefficient (Wildman–Crippen LogP) is 0.495. The van der Waals surface area contributed by atoms with E-state index in [1.807, 2.05) is 7.05 Å². The molecule has 0 spiro atoms. The lowest BCUT2D eigenvalue weighted by Gasteiger charge is -2.35. The van der Waals surface area contributed by atoms with Crippen molar-refractivity contribution in [3.05, 3.63) is 0 Å². The summed E-state index contributed by atoms with van der Waals surface area (Å²) in [6.45, 7) is 3.05. The van der Waals surface area contributed by atoms with Gasteiger partial charge in [0.05, 0.1) is 5.75 Å². The van der Waals surface area contributed by atoms with Gasteiger partial charge in [0.15, 0.2) is 0 Å². The van der Waals surface area contributed by atoms with Crippen LogP contribution in [0.25, 0.3) is 0 Å². The lowest BCUT2D eigenvalue weighted by atomic mass is 10.0. The van der Waals surface area contributed by atoms with Gasteiger partial charge in [0.1, 0.15) is 9.84 Å². The second-order valence-corrected chi connectivity index (χ2v) is 6.99. The summed E-state index contributed by atoms with van der Waals surface area (Å²) >= 11 is 0. The third-order valence-electron chi connectivity index (χ3n) is 3.15. The highest BCUT2D eigenvalue weighted by atomic mass is 32.2. The van der Waals surface area contributed by atoms with E-state index in [2.05, 4.69) is 10.2 Å². The molecule has 1 aliphatic heterocycles. The van der Waals surface area contributed by atoms with Crippen LogP contribution < -0.4 is 5.32 Å². The van der Waals surface area contributed by atoms with Crippen molar-refractivity contribution >= 4 is 9.84 Å². The molecule has 1 heterocycles. The number of likely N-dealkylation sites (N-methyl/N-ethyl adjacent to an activating group) is 1. The number of hydrogen-bond acceptors (Lipinski definition) is 4. The van der Waals surface area contributed by atoms with Gasteiger partial charge in [0, 0.05) is 18.8 Å². The van der Waals surface area contributed by atoms with Crippen LogP contribution in [0.3, 0.4) is 0 Å². The molecule has 5 heteroatoms. The van der Waals surface area contributed by atoms with E-state index in [1.54, 1.807) is 0 Å². The highest BCUT2D eigenvalue weighted by molar-refractivity contribution is 7.90. The van der Waals surface area contributed by atoms with Gasteiger partial charge >= 0.3 is 0 Å². The van der Waals surface area contributed by atoms with Crippen LogP contribution in [0.15, 0.2) is 0 Å². The first-order valence-corrected chi connectivity index (χ1v) is 8.15. The second kappa shape index (κ2) is 6.57. The summed E-state index contributed by atoms with van der Waals surface area (Å²) in [4.78, 5) is 2.44. The highest BCUT2D eigenvalue weighted by Crippen LogP contribution is 2.16. The molecule has 1 N–H and O–H groups in total. The molecule has 1 fully saturated rings. The second-order valence-electron chi connectivity index (χ2n) is 4.73. The van der Waals surface area contributed by atoms with Gasteiger partial charge in [-0.05, 0) is 39.4 Å². The minimum atomic E-state index is -2.80. The van der Waals surface area contributed by atoms with E-state index in [4.69, 9.17) is 0 Å². The fourth-order valence-electron chi connectivity index (χ4n) is 2.35. The van der Waals surface area contributed by atoms with E-state index in [9.17, 15) is 8.42 Å². The van der Waals surface area contributed by atoms with Crippen molar-refractivity contribution in [1.82, 2.24) is 10.2 Å². The quantitative estimate of drug-likeness (QED) is 0.743. The van der Waals surface area contributed by atoms with Crippen molar-refractivity contribution in [2.45, 2.75) is 31.7 Å². The SMILES string of the molecule is CNCC1CCCCN1CCCS(C)(=O)=O. The van der Waals surface area contributed by atoms with E-state index in [-0.39, 0.29) is 0 Å². The normalized spacial score (nSPS) is 23.5. The number of piperidine rings is 1. The molecule has 1 saturated heterocycles. The first-order chi connectivity index (χ1) is 7.53. The summed E-state index contributed by atoms with van der Waals surface area (Å²) in [5, 5.41) is 3.21. The monoisotopic (exact) mass is 248 g/mol. The van der Waals surface area contributed by atoms with Crippen LogP contribution in [-0.4, -0.2) is 58.1 Å². The third kappa shape index (κ3) is 5.27. The van der Waals surface area contributed by atoms with Crippen LogP contribution in [0.2, 0.25) is 0 Å². The number of likely N-dealkylation sites (tertiary alicyclic amines) is 1. The van der Waals surface area contributed by atoms with E-state index in [0.29, 0.717) is 11.8 Å². The molecule has 0 saturated carbocycles. The maximum atomic E-state index is 11.0. The predicted molar refractivity (Wildman–Crippen MR) is 67.5 cm³/mol. The van der Waals surface area contributed by atoms with Crippen LogP contribution in [0, 0.1) is 0 Å². The van der Waals surface area contributed by atoms with Gasteiger partial charge in [0.25, 0.3) is 0 Å². The van der Waals surface area contributed by atoms with Gasteiger partial charge in [-0.1, -0.05) is 6.42 Å². The average molecular weight is 248 g/mol. The topological polar surface area (TPSA) is 49.4 Å². The van der Waals surface area contributed by atoms with Crippen molar-refractivity contribution in [3.8, 4) is 0 Å². The number of sulfone groups is 1. The first kappa shape index (κ1) is 13.9. The maximum Gasteiger partial charge on any atom is 0.147 e. The Morgan fingerprint density at radius 1 is 1.38 bits per heavy atom. The zero-order valence-electron chi connectivity index (χ0n) is 10.4. The molecular weight excluding hydrogens is 224 g/mol. The minimum absolute atomic E-state index is 0.315. The molecule has 1 aliphatic rings. The molecule has 1 atom stereocenters. The molecule has 0 radical (unpaired) electrons. The van der Waals surface area contributed by atoms with Crippen molar-refractivity contribution in [2.75, 3.05) is 38.7 Å². The molecule has 1 unspecified atom stereocenters. The van der Waals surface area contributed by atoms with Crippen LogP contribution >= 0.6 is 0 Å². The van der Waals surface area contributed by atoms with Crippen molar-refractivity contribution in [3.63, 3.8) is 0 Å². The molecule has 96 valence electrons. The third-order valence-corrected chi connectivity index (χ3v) is 4.18. The fourth-order valence-corrected chi connectivity index (χ4v) is 3.00. The molecule has 0 bridgehead atoms. The smallest absolute Gasteiger partial charge is 0.147 e. The summed E-state index contributed by atoms with van der Waals surface area (Å²) in [6.07, 6.45) is 5.86. The van der Waals surface area contributed by atoms with Gasteiger partial charge in [-0.15, -0.1) is 0 Å². The molecule has 1 rings (SSSR count). The maximum absolute atomic E-state index is 11.0. The molecule has 0 aromatic carbocycles. The molecule has 0 aliphatic carbocycles. The summed E-state index contributed by atoms with van der Waals surface area (Å²) in [7, 11) is -0.822. The molecule has 0 aromatic rings. The summed E-state index contributed by atoms with van der Waals surface area (Å²) in [6, 6.07) is 0.596. The minimum Gasteiger partial charge on any atom is -0.318 e. The van der Waals surface area contributed by atoms with Crippen LogP contribution in [0.1, 0.15) is 25.7 Å². The Morgan fingerprint density at radius 3 is 2.75 bits per heavy atom. The fraction of sp³-hybridized carbons (Fsp3) is 1.00. The lowest BCUT2D eigenvalue weighted by molar-refractivity contribution is 0.148. The largest absolute Gasteiger partial charge is 0.318 e. The van der Waals surface area contributed by atoms with Crippen molar-refractivity contribution < 1.29 is 8.42 Å². The van der Waals surface area contributed by atoms with Gasteiger partial charge in [-0.2, -0.15) is 0 Å². The number of rotatable bonds is 6. The van der Waals surface area contributed by atoms with E-state index < -0.39 is 9.84 Å². The summed E-state index contributed by atoms with van der Waals surface area (Å²) in [5.41, 5.74) is 0. The molecule has 4 nitrogen and oxygen atoms in total. The van der Waals surface area contributed by atoms with Gasteiger partial charge in [0.2, 0.25) is 0 Å². The zero-order valence-corrected chi connectivity index (χ0v) is 11.2. The Morgan fingerprint density at radius 2 is 2.12 bits per heavy atom. The Balaban J connectivity index is 2.32. The Labute approximate surface area is 99.3 Å². The zero-order chi connectivity index (χ0) is 12.0.